The summed E-state index contributed by atoms with van der Waals surface area (Å²) in [6.45, 7) is 6.51. The Balaban J connectivity index is 1.94. The van der Waals surface area contributed by atoms with Crippen LogP contribution in [0.5, 0.6) is 0 Å². The van der Waals surface area contributed by atoms with Gasteiger partial charge in [-0.05, 0) is 26.0 Å². The highest BCUT2D eigenvalue weighted by atomic mass is 16.5. The van der Waals surface area contributed by atoms with Gasteiger partial charge in [-0.1, -0.05) is 18.2 Å². The molecule has 0 aliphatic carbocycles. The lowest BCUT2D eigenvalue weighted by molar-refractivity contribution is -0.132. The van der Waals surface area contributed by atoms with E-state index in [0.717, 1.165) is 29.2 Å². The Kier molecular flexibility index (Phi) is 5.20. The minimum Gasteiger partial charge on any atom is -0.378 e. The molecule has 1 aliphatic heterocycles. The molecule has 25 heavy (non-hydrogen) atoms. The second-order valence-corrected chi connectivity index (χ2v) is 6.68. The van der Waals surface area contributed by atoms with E-state index in [4.69, 9.17) is 9.84 Å². The SMILES string of the molecule is Cc1nn(-c2ccccc2)c(C)c1[C@H]1COCCN1CC(=O)N(C)C. The molecular formula is C19H26N4O2. The van der Waals surface area contributed by atoms with Crippen LogP contribution in [0.25, 0.3) is 5.69 Å². The van der Waals surface area contributed by atoms with Gasteiger partial charge in [-0.25, -0.2) is 4.68 Å². The monoisotopic (exact) mass is 342 g/mol. The number of hydrogen-bond acceptors (Lipinski definition) is 4. The number of carbonyl (C=O) groups excluding carboxylic acids is 1. The quantitative estimate of drug-likeness (QED) is 0.852. The van der Waals surface area contributed by atoms with E-state index in [1.165, 1.54) is 0 Å². The highest BCUT2D eigenvalue weighted by Crippen LogP contribution is 2.30. The maximum atomic E-state index is 12.2. The summed E-state index contributed by atoms with van der Waals surface area (Å²) in [5.41, 5.74) is 4.29. The minimum absolute atomic E-state index is 0.0510. The van der Waals surface area contributed by atoms with Crippen molar-refractivity contribution in [1.82, 2.24) is 19.6 Å². The van der Waals surface area contributed by atoms with Crippen LogP contribution >= 0.6 is 0 Å². The number of aromatic nitrogens is 2. The van der Waals surface area contributed by atoms with Gasteiger partial charge in [0.1, 0.15) is 0 Å². The van der Waals surface area contributed by atoms with Gasteiger partial charge in [0.25, 0.3) is 0 Å². The van der Waals surface area contributed by atoms with Crippen LogP contribution < -0.4 is 0 Å². The van der Waals surface area contributed by atoms with Gasteiger partial charge < -0.3 is 9.64 Å². The molecule has 134 valence electrons. The average molecular weight is 342 g/mol. The van der Waals surface area contributed by atoms with Crippen LogP contribution in [0.2, 0.25) is 0 Å². The lowest BCUT2D eigenvalue weighted by atomic mass is 10.0. The molecule has 3 rings (SSSR count). The fraction of sp³-hybridized carbons (Fsp3) is 0.474. The van der Waals surface area contributed by atoms with Crippen molar-refractivity contribution in [2.45, 2.75) is 19.9 Å². The smallest absolute Gasteiger partial charge is 0.236 e. The molecule has 6 nitrogen and oxygen atoms in total. The number of ether oxygens (including phenoxy) is 1. The summed E-state index contributed by atoms with van der Waals surface area (Å²) in [6, 6.07) is 10.2. The molecule has 1 aromatic heterocycles. The molecule has 1 saturated heterocycles. The lowest BCUT2D eigenvalue weighted by Crippen LogP contribution is -2.45. The molecule has 6 heteroatoms. The van der Waals surface area contributed by atoms with Crippen molar-refractivity contribution in [3.05, 3.63) is 47.3 Å². The van der Waals surface area contributed by atoms with Gasteiger partial charge in [-0.3, -0.25) is 9.69 Å². The highest BCUT2D eigenvalue weighted by molar-refractivity contribution is 5.77. The van der Waals surface area contributed by atoms with Gasteiger partial charge in [0.2, 0.25) is 5.91 Å². The van der Waals surface area contributed by atoms with Crippen LogP contribution in [0.4, 0.5) is 0 Å². The van der Waals surface area contributed by atoms with Crippen molar-refractivity contribution in [3.63, 3.8) is 0 Å². The molecule has 0 spiro atoms. The van der Waals surface area contributed by atoms with E-state index in [2.05, 4.69) is 11.8 Å². The van der Waals surface area contributed by atoms with Crippen molar-refractivity contribution in [2.75, 3.05) is 40.4 Å². The minimum atomic E-state index is 0.0510. The number of aryl methyl sites for hydroxylation is 1. The number of likely N-dealkylation sites (N-methyl/N-ethyl adjacent to an activating group) is 1. The molecule has 1 fully saturated rings. The van der Waals surface area contributed by atoms with E-state index in [9.17, 15) is 4.79 Å². The summed E-state index contributed by atoms with van der Waals surface area (Å²) >= 11 is 0. The first-order valence-electron chi connectivity index (χ1n) is 8.62. The molecule has 2 aromatic rings. The zero-order chi connectivity index (χ0) is 18.0. The maximum absolute atomic E-state index is 12.2. The number of para-hydroxylation sites is 1. The summed E-state index contributed by atoms with van der Waals surface area (Å²) in [7, 11) is 3.59. The number of amides is 1. The molecule has 1 aliphatic rings. The Labute approximate surface area is 149 Å². The third kappa shape index (κ3) is 3.60. The van der Waals surface area contributed by atoms with E-state index in [-0.39, 0.29) is 11.9 Å². The van der Waals surface area contributed by atoms with Crippen LogP contribution in [0.15, 0.2) is 30.3 Å². The number of carbonyl (C=O) groups is 1. The highest BCUT2D eigenvalue weighted by Gasteiger charge is 2.31. The maximum Gasteiger partial charge on any atom is 0.236 e. The molecule has 0 unspecified atom stereocenters. The third-order valence-corrected chi connectivity index (χ3v) is 4.76. The molecule has 0 radical (unpaired) electrons. The molecule has 0 N–H and O–H groups in total. The molecule has 0 bridgehead atoms. The first kappa shape index (κ1) is 17.6. The molecule has 1 aromatic carbocycles. The summed E-state index contributed by atoms with van der Waals surface area (Å²) in [4.78, 5) is 16.1. The number of rotatable bonds is 4. The zero-order valence-corrected chi connectivity index (χ0v) is 15.4. The summed E-state index contributed by atoms with van der Waals surface area (Å²) in [5, 5.41) is 4.74. The van der Waals surface area contributed by atoms with E-state index in [0.29, 0.717) is 19.8 Å². The van der Waals surface area contributed by atoms with Gasteiger partial charge in [0, 0.05) is 31.9 Å². The van der Waals surface area contributed by atoms with E-state index >= 15 is 0 Å². The first-order chi connectivity index (χ1) is 12.0. The second kappa shape index (κ2) is 7.37. The predicted molar refractivity (Wildman–Crippen MR) is 96.9 cm³/mol. The fourth-order valence-electron chi connectivity index (χ4n) is 3.37. The Morgan fingerprint density at radius 2 is 2.00 bits per heavy atom. The van der Waals surface area contributed by atoms with Crippen molar-refractivity contribution in [1.29, 1.82) is 0 Å². The van der Waals surface area contributed by atoms with Crippen LogP contribution in [0, 0.1) is 13.8 Å². The molecule has 0 saturated carbocycles. The zero-order valence-electron chi connectivity index (χ0n) is 15.4. The Bertz CT molecular complexity index is 739. The van der Waals surface area contributed by atoms with Crippen LogP contribution in [0.3, 0.4) is 0 Å². The lowest BCUT2D eigenvalue weighted by Gasteiger charge is -2.36. The van der Waals surface area contributed by atoms with E-state index < -0.39 is 0 Å². The average Bonchev–Trinajstić information content (AvgIpc) is 2.90. The largest absolute Gasteiger partial charge is 0.378 e. The topological polar surface area (TPSA) is 50.6 Å². The summed E-state index contributed by atoms with van der Waals surface area (Å²) < 4.78 is 7.71. The van der Waals surface area contributed by atoms with Gasteiger partial charge in [-0.15, -0.1) is 0 Å². The molecule has 2 heterocycles. The van der Waals surface area contributed by atoms with E-state index in [1.807, 2.05) is 41.9 Å². The van der Waals surface area contributed by atoms with Gasteiger partial charge >= 0.3 is 0 Å². The fourth-order valence-corrected chi connectivity index (χ4v) is 3.37. The summed E-state index contributed by atoms with van der Waals surface area (Å²) in [6.07, 6.45) is 0. The molecular weight excluding hydrogens is 316 g/mol. The van der Waals surface area contributed by atoms with Crippen molar-refractivity contribution < 1.29 is 9.53 Å². The Morgan fingerprint density at radius 1 is 1.28 bits per heavy atom. The Morgan fingerprint density at radius 3 is 2.68 bits per heavy atom. The number of hydrogen-bond donors (Lipinski definition) is 0. The van der Waals surface area contributed by atoms with E-state index in [1.54, 1.807) is 19.0 Å². The third-order valence-electron chi connectivity index (χ3n) is 4.76. The normalized spacial score (nSPS) is 18.3. The van der Waals surface area contributed by atoms with Gasteiger partial charge in [0.15, 0.2) is 0 Å². The molecule has 1 amide bonds. The second-order valence-electron chi connectivity index (χ2n) is 6.68. The standard InChI is InChI=1S/C19H26N4O2/c1-14-19(15(2)23(20-14)16-8-6-5-7-9-16)17-13-25-11-10-22(17)12-18(24)21(3)4/h5-9,17H,10-13H2,1-4H3/t17-/m1/s1. The van der Waals surface area contributed by atoms with Crippen LogP contribution in [-0.2, 0) is 9.53 Å². The number of nitrogens with zero attached hydrogens (tertiary/aromatic N) is 4. The molecule has 1 atom stereocenters. The van der Waals surface area contributed by atoms with Crippen LogP contribution in [0.1, 0.15) is 23.0 Å². The predicted octanol–water partition coefficient (Wildman–Crippen LogP) is 1.95. The van der Waals surface area contributed by atoms with Gasteiger partial charge in [-0.2, -0.15) is 5.10 Å². The first-order valence-corrected chi connectivity index (χ1v) is 8.62. The Hall–Kier alpha value is -2.18. The summed E-state index contributed by atoms with van der Waals surface area (Å²) in [5.74, 6) is 0.109. The van der Waals surface area contributed by atoms with Crippen molar-refractivity contribution in [2.24, 2.45) is 0 Å². The van der Waals surface area contributed by atoms with Crippen molar-refractivity contribution >= 4 is 5.91 Å². The van der Waals surface area contributed by atoms with Crippen LogP contribution in [-0.4, -0.2) is 65.9 Å². The van der Waals surface area contributed by atoms with Gasteiger partial charge in [0.05, 0.1) is 37.2 Å². The number of benzene rings is 1. The van der Waals surface area contributed by atoms with Crippen molar-refractivity contribution in [3.8, 4) is 5.69 Å². The number of morpholine rings is 1.